The smallest absolute Gasteiger partial charge is 0.196 e. The van der Waals surface area contributed by atoms with Crippen molar-refractivity contribution in [1.82, 2.24) is 4.57 Å². The Morgan fingerprint density at radius 3 is 2.04 bits per heavy atom. The number of nitrogens with zero attached hydrogens (tertiary/aromatic N) is 5. The molecule has 0 spiro atoms. The average Bonchev–Trinajstić information content (AvgIpc) is 3.65. The summed E-state index contributed by atoms with van der Waals surface area (Å²) in [6, 6.07) is 44.1. The van der Waals surface area contributed by atoms with Gasteiger partial charge in [0.15, 0.2) is 5.69 Å². The quantitative estimate of drug-likeness (QED) is 0.189. The van der Waals surface area contributed by atoms with Gasteiger partial charge in [-0.3, -0.25) is 0 Å². The summed E-state index contributed by atoms with van der Waals surface area (Å²) in [4.78, 5) is 3.79. The second-order valence-electron chi connectivity index (χ2n) is 10.9. The Kier molecular flexibility index (Phi) is 6.13. The normalized spacial score (nSPS) is 11.0. The number of fused-ring (bicyclic) bond motifs is 6. The zero-order chi connectivity index (χ0) is 31.4. The molecule has 0 amide bonds. The van der Waals surface area contributed by atoms with Gasteiger partial charge in [0.25, 0.3) is 0 Å². The highest BCUT2D eigenvalue weighted by atomic mass is 32.1. The van der Waals surface area contributed by atoms with Crippen LogP contribution in [0.15, 0.2) is 115 Å². The molecule has 2 aromatic heterocycles. The lowest BCUT2D eigenvalue weighted by Crippen LogP contribution is -1.95. The number of thiophene rings is 1. The van der Waals surface area contributed by atoms with E-state index >= 15 is 0 Å². The molecule has 0 unspecified atom stereocenters. The summed E-state index contributed by atoms with van der Waals surface area (Å²) in [5.41, 5.74) is 7.22. The largest absolute Gasteiger partial charge is 0.309 e. The second kappa shape index (κ2) is 10.5. The van der Waals surface area contributed by atoms with E-state index in [2.05, 4.69) is 76.2 Å². The first-order valence-electron chi connectivity index (χ1n) is 14.5. The first-order valence-corrected chi connectivity index (χ1v) is 15.3. The molecule has 0 aliphatic heterocycles. The Morgan fingerprint density at radius 1 is 0.587 bits per heavy atom. The Bertz CT molecular complexity index is 2690. The van der Waals surface area contributed by atoms with E-state index in [1.165, 1.54) is 14.8 Å². The van der Waals surface area contributed by atoms with Gasteiger partial charge in [-0.2, -0.15) is 15.8 Å². The van der Waals surface area contributed by atoms with Crippen LogP contribution in [0.25, 0.3) is 74.8 Å². The molecule has 0 saturated heterocycles. The summed E-state index contributed by atoms with van der Waals surface area (Å²) >= 11 is 1.76. The van der Waals surface area contributed by atoms with Gasteiger partial charge in [-0.1, -0.05) is 60.7 Å². The molecule has 8 rings (SSSR count). The van der Waals surface area contributed by atoms with Crippen molar-refractivity contribution >= 4 is 59.0 Å². The SMILES string of the molecule is [C-]#[N+]c1cccc(C#N)c1-c1cccc2c1c1ccc(-c3c(C#N)cccc3C#N)cc1n2-c1ccc2sc3ccccc3c2c1. The molecule has 210 valence electrons. The molecule has 0 aliphatic rings. The van der Waals surface area contributed by atoms with Gasteiger partial charge in [0, 0.05) is 53.3 Å². The van der Waals surface area contributed by atoms with Gasteiger partial charge >= 0.3 is 0 Å². The maximum atomic E-state index is 10.1. The van der Waals surface area contributed by atoms with Gasteiger partial charge in [0.2, 0.25) is 0 Å². The van der Waals surface area contributed by atoms with Crippen molar-refractivity contribution in [2.75, 3.05) is 0 Å². The third-order valence-electron chi connectivity index (χ3n) is 8.56. The fourth-order valence-electron chi connectivity index (χ4n) is 6.62. The van der Waals surface area contributed by atoms with Gasteiger partial charge < -0.3 is 4.57 Å². The van der Waals surface area contributed by atoms with E-state index < -0.39 is 0 Å². The van der Waals surface area contributed by atoms with Crippen LogP contribution in [-0.4, -0.2) is 4.57 Å². The highest BCUT2D eigenvalue weighted by Gasteiger charge is 2.21. The highest BCUT2D eigenvalue weighted by molar-refractivity contribution is 7.25. The number of hydrogen-bond acceptors (Lipinski definition) is 4. The lowest BCUT2D eigenvalue weighted by atomic mass is 9.92. The summed E-state index contributed by atoms with van der Waals surface area (Å²) in [5.74, 6) is 0. The van der Waals surface area contributed by atoms with Crippen LogP contribution < -0.4 is 0 Å². The first kappa shape index (κ1) is 26.9. The molecule has 2 heterocycles. The molecule has 0 N–H and O–H groups in total. The molecular weight excluding hydrogens is 583 g/mol. The van der Waals surface area contributed by atoms with Crippen molar-refractivity contribution in [1.29, 1.82) is 15.8 Å². The molecule has 0 atom stereocenters. The van der Waals surface area contributed by atoms with E-state index in [-0.39, 0.29) is 0 Å². The van der Waals surface area contributed by atoms with Gasteiger partial charge in [-0.15, -0.1) is 11.3 Å². The maximum Gasteiger partial charge on any atom is 0.196 e. The standard InChI is InChI=1S/C40H19N5S/c1-44-33-12-5-9-27(23-43)39(33)31-11-6-13-34-40(31)30-17-15-24(38-25(21-41)7-4-8-26(38)22-42)19-35(30)45(34)28-16-18-37-32(20-28)29-10-2-3-14-36(29)46-37/h2-20H. The fraction of sp³-hybridized carbons (Fsp3) is 0. The molecule has 46 heavy (non-hydrogen) atoms. The summed E-state index contributed by atoms with van der Waals surface area (Å²) in [5, 5.41) is 34.2. The Hall–Kier alpha value is -6.70. The molecule has 0 bridgehead atoms. The Balaban J connectivity index is 1.53. The molecule has 0 aliphatic carbocycles. The van der Waals surface area contributed by atoms with Crippen LogP contribution in [0, 0.1) is 40.6 Å². The maximum absolute atomic E-state index is 10.1. The molecule has 0 saturated carbocycles. The zero-order valence-corrected chi connectivity index (χ0v) is 24.9. The van der Waals surface area contributed by atoms with Crippen LogP contribution in [0.5, 0.6) is 0 Å². The molecule has 0 radical (unpaired) electrons. The molecule has 0 fully saturated rings. The van der Waals surface area contributed by atoms with Crippen molar-refractivity contribution in [3.63, 3.8) is 0 Å². The molecule has 6 aromatic carbocycles. The minimum Gasteiger partial charge on any atom is -0.309 e. The zero-order valence-electron chi connectivity index (χ0n) is 24.1. The average molecular weight is 602 g/mol. The first-order chi connectivity index (χ1) is 22.6. The number of nitriles is 3. The summed E-state index contributed by atoms with van der Waals surface area (Å²) < 4.78 is 4.62. The number of rotatable bonds is 3. The van der Waals surface area contributed by atoms with Crippen LogP contribution in [0.2, 0.25) is 0 Å². The van der Waals surface area contributed by atoms with E-state index in [1.54, 1.807) is 47.7 Å². The van der Waals surface area contributed by atoms with Crippen LogP contribution in [0.1, 0.15) is 16.7 Å². The van der Waals surface area contributed by atoms with Crippen molar-refractivity contribution in [3.05, 3.63) is 143 Å². The lowest BCUT2D eigenvalue weighted by Gasteiger charge is -2.11. The number of aromatic nitrogens is 1. The lowest BCUT2D eigenvalue weighted by molar-refractivity contribution is 1.19. The molecule has 5 nitrogen and oxygen atoms in total. The van der Waals surface area contributed by atoms with E-state index in [0.717, 1.165) is 44.0 Å². The van der Waals surface area contributed by atoms with E-state index in [9.17, 15) is 15.8 Å². The molecule has 8 aromatic rings. The monoisotopic (exact) mass is 601 g/mol. The van der Waals surface area contributed by atoms with Crippen molar-refractivity contribution in [3.8, 4) is 46.1 Å². The Morgan fingerprint density at radius 2 is 1.28 bits per heavy atom. The summed E-state index contributed by atoms with van der Waals surface area (Å²) in [6.07, 6.45) is 0. The number of hydrogen-bond donors (Lipinski definition) is 0. The van der Waals surface area contributed by atoms with Crippen LogP contribution in [0.3, 0.4) is 0 Å². The molecular formula is C40H19N5S. The predicted octanol–water partition coefficient (Wildman–Crippen LogP) is 10.7. The van der Waals surface area contributed by atoms with Crippen LogP contribution >= 0.6 is 11.3 Å². The van der Waals surface area contributed by atoms with Gasteiger partial charge in [0.05, 0.1) is 46.9 Å². The predicted molar refractivity (Wildman–Crippen MR) is 185 cm³/mol. The van der Waals surface area contributed by atoms with Crippen molar-refractivity contribution in [2.24, 2.45) is 0 Å². The van der Waals surface area contributed by atoms with Gasteiger partial charge in [0.1, 0.15) is 0 Å². The third-order valence-corrected chi connectivity index (χ3v) is 9.71. The van der Waals surface area contributed by atoms with E-state index in [4.69, 9.17) is 6.57 Å². The summed E-state index contributed by atoms with van der Waals surface area (Å²) in [6.45, 7) is 7.90. The molecule has 6 heteroatoms. The third kappa shape index (κ3) is 3.90. The minimum absolute atomic E-state index is 0.414. The fourth-order valence-corrected chi connectivity index (χ4v) is 7.71. The van der Waals surface area contributed by atoms with Crippen molar-refractivity contribution < 1.29 is 0 Å². The van der Waals surface area contributed by atoms with Gasteiger partial charge in [-0.25, -0.2) is 4.85 Å². The van der Waals surface area contributed by atoms with E-state index in [1.807, 2.05) is 30.3 Å². The van der Waals surface area contributed by atoms with Crippen LogP contribution in [0.4, 0.5) is 5.69 Å². The highest BCUT2D eigenvalue weighted by Crippen LogP contribution is 2.45. The van der Waals surface area contributed by atoms with E-state index in [0.29, 0.717) is 33.5 Å². The van der Waals surface area contributed by atoms with Gasteiger partial charge in [-0.05, 0) is 65.7 Å². The topological polar surface area (TPSA) is 80.7 Å². The van der Waals surface area contributed by atoms with Crippen molar-refractivity contribution in [2.45, 2.75) is 0 Å². The van der Waals surface area contributed by atoms with Crippen LogP contribution in [-0.2, 0) is 0 Å². The second-order valence-corrected chi connectivity index (χ2v) is 12.0. The minimum atomic E-state index is 0.414. The summed E-state index contributed by atoms with van der Waals surface area (Å²) in [7, 11) is 0. The Labute approximate surface area is 268 Å². The number of benzene rings is 6.